The molecule has 0 radical (unpaired) electrons. The molecule has 5 heteroatoms. The van der Waals surface area contributed by atoms with E-state index in [1.54, 1.807) is 0 Å². The molecule has 1 N–H and O–H groups in total. The van der Waals surface area contributed by atoms with Gasteiger partial charge in [0, 0.05) is 12.8 Å². The number of ketones is 1. The summed E-state index contributed by atoms with van der Waals surface area (Å²) < 4.78 is 10.9. The number of amides is 1. The van der Waals surface area contributed by atoms with Crippen molar-refractivity contribution < 1.29 is 19.1 Å². The topological polar surface area (TPSA) is 64.6 Å². The highest BCUT2D eigenvalue weighted by Gasteiger charge is 2.42. The third-order valence-electron chi connectivity index (χ3n) is 3.67. The van der Waals surface area contributed by atoms with Crippen LogP contribution < -0.4 is 5.32 Å². The van der Waals surface area contributed by atoms with Crippen LogP contribution in [-0.4, -0.2) is 30.1 Å². The van der Waals surface area contributed by atoms with Crippen molar-refractivity contribution in [1.29, 1.82) is 0 Å². The van der Waals surface area contributed by atoms with E-state index in [2.05, 4.69) is 5.32 Å². The Morgan fingerprint density at radius 2 is 2.19 bits per heavy atom. The average molecular weight is 287 g/mol. The van der Waals surface area contributed by atoms with E-state index in [0.29, 0.717) is 12.8 Å². The van der Waals surface area contributed by atoms with Crippen molar-refractivity contribution in [3.05, 3.63) is 48.0 Å². The number of nitrogens with one attached hydrogen (secondary N) is 1. The van der Waals surface area contributed by atoms with Gasteiger partial charge in [-0.1, -0.05) is 42.5 Å². The minimum Gasteiger partial charge on any atom is -0.445 e. The fourth-order valence-electron chi connectivity index (χ4n) is 2.66. The lowest BCUT2D eigenvalue weighted by Gasteiger charge is -2.32. The van der Waals surface area contributed by atoms with Crippen molar-refractivity contribution in [2.24, 2.45) is 0 Å². The number of benzene rings is 1. The number of alkyl carbamates (subject to hydrolysis) is 1. The van der Waals surface area contributed by atoms with Crippen LogP contribution in [0.2, 0.25) is 0 Å². The number of carbonyl (C=O) groups is 2. The highest BCUT2D eigenvalue weighted by atomic mass is 16.6. The third kappa shape index (κ3) is 3.31. The molecule has 110 valence electrons. The summed E-state index contributed by atoms with van der Waals surface area (Å²) in [5.74, 6) is 0.163. The van der Waals surface area contributed by atoms with Crippen LogP contribution in [0.4, 0.5) is 4.79 Å². The van der Waals surface area contributed by atoms with E-state index in [0.717, 1.165) is 5.56 Å². The number of hydrogen-bond acceptors (Lipinski definition) is 4. The first kappa shape index (κ1) is 13.8. The molecule has 1 amide bonds. The van der Waals surface area contributed by atoms with Gasteiger partial charge in [0.05, 0.1) is 12.6 Å². The van der Waals surface area contributed by atoms with Gasteiger partial charge in [0.25, 0.3) is 0 Å². The molecular formula is C16H17NO4. The summed E-state index contributed by atoms with van der Waals surface area (Å²) in [5, 5.41) is 2.67. The Labute approximate surface area is 122 Å². The lowest BCUT2D eigenvalue weighted by Crippen LogP contribution is -2.47. The minimum absolute atomic E-state index is 0.145. The normalized spacial score (nSPS) is 26.7. The van der Waals surface area contributed by atoms with Crippen molar-refractivity contribution in [3.8, 4) is 0 Å². The second-order valence-corrected chi connectivity index (χ2v) is 5.42. The molecule has 2 aliphatic rings. The van der Waals surface area contributed by atoms with Crippen molar-refractivity contribution in [2.75, 3.05) is 6.54 Å². The van der Waals surface area contributed by atoms with Crippen LogP contribution in [0.5, 0.6) is 0 Å². The third-order valence-corrected chi connectivity index (χ3v) is 3.67. The van der Waals surface area contributed by atoms with Crippen LogP contribution in [0, 0.1) is 0 Å². The van der Waals surface area contributed by atoms with E-state index >= 15 is 0 Å². The zero-order chi connectivity index (χ0) is 14.7. The van der Waals surface area contributed by atoms with Gasteiger partial charge >= 0.3 is 6.09 Å². The molecule has 1 aromatic rings. The summed E-state index contributed by atoms with van der Waals surface area (Å²) in [7, 11) is 0. The van der Waals surface area contributed by atoms with E-state index in [-0.39, 0.29) is 25.0 Å². The zero-order valence-electron chi connectivity index (χ0n) is 11.6. The molecule has 2 heterocycles. The maximum Gasteiger partial charge on any atom is 0.407 e. The van der Waals surface area contributed by atoms with E-state index in [1.807, 2.05) is 42.5 Å². The first-order chi connectivity index (χ1) is 10.2. The second kappa shape index (κ2) is 5.69. The van der Waals surface area contributed by atoms with E-state index in [9.17, 15) is 9.59 Å². The number of hydrogen-bond donors (Lipinski definition) is 1. The molecule has 1 aromatic carbocycles. The minimum atomic E-state index is -0.689. The number of rotatable bonds is 4. The molecule has 5 nitrogen and oxygen atoms in total. The number of ether oxygens (including phenoxy) is 2. The SMILES string of the molecule is O=C1C[C@@H]2C=C[C@@](CNC(=O)OCc3ccccc3)(C1)O2. The molecule has 0 unspecified atom stereocenters. The summed E-state index contributed by atoms with van der Waals surface area (Å²) in [5.41, 5.74) is 0.238. The van der Waals surface area contributed by atoms with Gasteiger partial charge in [-0.25, -0.2) is 4.79 Å². The maximum absolute atomic E-state index is 11.7. The van der Waals surface area contributed by atoms with E-state index in [4.69, 9.17) is 9.47 Å². The molecule has 0 saturated carbocycles. The molecule has 2 bridgehead atoms. The van der Waals surface area contributed by atoms with Gasteiger partial charge in [-0.3, -0.25) is 4.79 Å². The van der Waals surface area contributed by atoms with Crippen molar-refractivity contribution >= 4 is 11.9 Å². The molecule has 1 fully saturated rings. The van der Waals surface area contributed by atoms with Gasteiger partial charge in [0.1, 0.15) is 18.0 Å². The summed E-state index contributed by atoms with van der Waals surface area (Å²) in [4.78, 5) is 23.3. The van der Waals surface area contributed by atoms with Crippen LogP contribution in [0.1, 0.15) is 18.4 Å². The van der Waals surface area contributed by atoms with Gasteiger partial charge < -0.3 is 14.8 Å². The molecular weight excluding hydrogens is 270 g/mol. The highest BCUT2D eigenvalue weighted by molar-refractivity contribution is 5.82. The first-order valence-corrected chi connectivity index (χ1v) is 6.99. The monoisotopic (exact) mass is 287 g/mol. The lowest BCUT2D eigenvalue weighted by molar-refractivity contribution is -0.136. The van der Waals surface area contributed by atoms with E-state index in [1.165, 1.54) is 0 Å². The fraction of sp³-hybridized carbons (Fsp3) is 0.375. The Balaban J connectivity index is 1.48. The summed E-state index contributed by atoms with van der Waals surface area (Å²) in [6.45, 7) is 0.470. The number of Topliss-reactive ketones (excluding diaryl/α,β-unsaturated/α-hetero) is 1. The van der Waals surface area contributed by atoms with Gasteiger partial charge in [0.15, 0.2) is 0 Å². The van der Waals surface area contributed by atoms with Crippen LogP contribution in [0.25, 0.3) is 0 Å². The highest BCUT2D eigenvalue weighted by Crippen LogP contribution is 2.33. The largest absolute Gasteiger partial charge is 0.445 e. The lowest BCUT2D eigenvalue weighted by atomic mass is 9.95. The quantitative estimate of drug-likeness (QED) is 0.860. The van der Waals surface area contributed by atoms with Crippen molar-refractivity contribution in [2.45, 2.75) is 31.2 Å². The van der Waals surface area contributed by atoms with Gasteiger partial charge in [-0.2, -0.15) is 0 Å². The second-order valence-electron chi connectivity index (χ2n) is 5.42. The fourth-order valence-corrected chi connectivity index (χ4v) is 2.66. The first-order valence-electron chi connectivity index (χ1n) is 6.99. The standard InChI is InChI=1S/C16H17NO4/c18-13-8-14-6-7-16(9-13,21-14)11-17-15(19)20-10-12-4-2-1-3-5-12/h1-7,14H,8-11H2,(H,17,19)/t14-,16-/m0/s1. The summed E-state index contributed by atoms with van der Waals surface area (Å²) in [6.07, 6.45) is 3.84. The van der Waals surface area contributed by atoms with Crippen molar-refractivity contribution in [1.82, 2.24) is 5.32 Å². The molecule has 3 rings (SSSR count). The predicted octanol–water partition coefficient (Wildman–Crippen LogP) is 1.97. The molecule has 0 aromatic heterocycles. The average Bonchev–Trinajstić information content (AvgIpc) is 2.80. The number of carbonyl (C=O) groups excluding carboxylic acids is 2. The van der Waals surface area contributed by atoms with E-state index < -0.39 is 11.7 Å². The van der Waals surface area contributed by atoms with Crippen molar-refractivity contribution in [3.63, 3.8) is 0 Å². The Morgan fingerprint density at radius 3 is 3.00 bits per heavy atom. The number of fused-ring (bicyclic) bond motifs is 2. The molecule has 2 aliphatic heterocycles. The Bertz CT molecular complexity index is 569. The Morgan fingerprint density at radius 1 is 1.38 bits per heavy atom. The zero-order valence-corrected chi connectivity index (χ0v) is 11.6. The van der Waals surface area contributed by atoms with Gasteiger partial charge in [0.2, 0.25) is 0 Å². The van der Waals surface area contributed by atoms with Gasteiger partial charge in [-0.05, 0) is 5.56 Å². The van der Waals surface area contributed by atoms with Crippen LogP contribution in [0.3, 0.4) is 0 Å². The summed E-state index contributed by atoms with van der Waals surface area (Å²) in [6, 6.07) is 9.46. The molecule has 1 saturated heterocycles. The summed E-state index contributed by atoms with van der Waals surface area (Å²) >= 11 is 0. The van der Waals surface area contributed by atoms with Crippen LogP contribution >= 0.6 is 0 Å². The predicted molar refractivity (Wildman–Crippen MR) is 75.6 cm³/mol. The van der Waals surface area contributed by atoms with Gasteiger partial charge in [-0.15, -0.1) is 0 Å². The molecule has 0 spiro atoms. The molecule has 0 aliphatic carbocycles. The molecule has 2 atom stereocenters. The van der Waals surface area contributed by atoms with Crippen LogP contribution in [0.15, 0.2) is 42.5 Å². The Kier molecular flexibility index (Phi) is 3.75. The van der Waals surface area contributed by atoms with Crippen LogP contribution in [-0.2, 0) is 20.9 Å². The maximum atomic E-state index is 11.7. The molecule has 21 heavy (non-hydrogen) atoms. The smallest absolute Gasteiger partial charge is 0.407 e. The Hall–Kier alpha value is -2.14.